The first kappa shape index (κ1) is 15.2. The summed E-state index contributed by atoms with van der Waals surface area (Å²) in [5.41, 5.74) is 0.235. The van der Waals surface area contributed by atoms with Crippen LogP contribution in [0.25, 0.3) is 0 Å². The summed E-state index contributed by atoms with van der Waals surface area (Å²) in [7, 11) is 0. The average Bonchev–Trinajstić information content (AvgIpc) is 2.78. The van der Waals surface area contributed by atoms with E-state index < -0.39 is 30.1 Å². The Kier molecular flexibility index (Phi) is 4.01. The van der Waals surface area contributed by atoms with E-state index in [-0.39, 0.29) is 23.3 Å². The zero-order chi connectivity index (χ0) is 15.9. The molecule has 0 aromatic heterocycles. The molecule has 3 atom stereocenters. The molecule has 5 nitrogen and oxygen atoms in total. The van der Waals surface area contributed by atoms with Gasteiger partial charge >= 0.3 is 0 Å². The van der Waals surface area contributed by atoms with Crippen molar-refractivity contribution in [2.75, 3.05) is 11.5 Å². The van der Waals surface area contributed by atoms with Crippen molar-refractivity contribution in [3.8, 4) is 0 Å². The van der Waals surface area contributed by atoms with Gasteiger partial charge in [0, 0.05) is 17.9 Å². The van der Waals surface area contributed by atoms with E-state index in [1.165, 1.54) is 23.9 Å². The van der Waals surface area contributed by atoms with Crippen molar-refractivity contribution in [1.82, 2.24) is 4.90 Å². The molecule has 1 aromatic carbocycles. The SMILES string of the molecule is O=C1CCSCC1[C@@H](O)C(F)N1C(=O)c2ccccc2C1=O. The Labute approximate surface area is 130 Å². The number of aliphatic hydroxyl groups is 1. The Balaban J connectivity index is 1.84. The van der Waals surface area contributed by atoms with Gasteiger partial charge in [0.05, 0.1) is 17.0 Å². The van der Waals surface area contributed by atoms with E-state index in [1.807, 2.05) is 0 Å². The predicted molar refractivity (Wildman–Crippen MR) is 78.3 cm³/mol. The van der Waals surface area contributed by atoms with Crippen LogP contribution in [-0.4, -0.2) is 51.5 Å². The minimum Gasteiger partial charge on any atom is -0.387 e. The second kappa shape index (κ2) is 5.81. The highest BCUT2D eigenvalue weighted by Crippen LogP contribution is 2.30. The van der Waals surface area contributed by atoms with Gasteiger partial charge in [0.1, 0.15) is 11.9 Å². The molecule has 1 N–H and O–H groups in total. The van der Waals surface area contributed by atoms with Gasteiger partial charge in [-0.15, -0.1) is 0 Å². The van der Waals surface area contributed by atoms with Crippen LogP contribution < -0.4 is 0 Å². The Morgan fingerprint density at radius 3 is 2.32 bits per heavy atom. The first-order valence-corrected chi connectivity index (χ1v) is 8.07. The fourth-order valence-electron chi connectivity index (χ4n) is 2.73. The number of halogens is 1. The maximum Gasteiger partial charge on any atom is 0.264 e. The standard InChI is InChI=1S/C15H14FNO4S/c16-13(12(19)10-7-22-6-5-11(10)18)17-14(20)8-3-1-2-4-9(8)15(17)21/h1-4,10,12-13,19H,5-7H2/t10?,12-,13?/m1/s1. The molecule has 1 fully saturated rings. The van der Waals surface area contributed by atoms with Gasteiger partial charge in [-0.2, -0.15) is 11.8 Å². The highest BCUT2D eigenvalue weighted by molar-refractivity contribution is 7.99. The fraction of sp³-hybridized carbons (Fsp3) is 0.400. The molecule has 2 aliphatic rings. The molecule has 116 valence electrons. The second-order valence-corrected chi connectivity index (χ2v) is 6.44. The Bertz CT molecular complexity index is 615. The van der Waals surface area contributed by atoms with Crippen LogP contribution in [0.15, 0.2) is 24.3 Å². The lowest BCUT2D eigenvalue weighted by atomic mass is 9.96. The van der Waals surface area contributed by atoms with Gasteiger partial charge in [-0.1, -0.05) is 12.1 Å². The molecule has 2 aliphatic heterocycles. The minimum atomic E-state index is -2.22. The third-order valence-electron chi connectivity index (χ3n) is 3.97. The number of ketones is 1. The van der Waals surface area contributed by atoms with Crippen LogP contribution in [0.1, 0.15) is 27.1 Å². The molecule has 0 saturated carbocycles. The monoisotopic (exact) mass is 323 g/mol. The van der Waals surface area contributed by atoms with Gasteiger partial charge in [0.15, 0.2) is 0 Å². The van der Waals surface area contributed by atoms with Crippen molar-refractivity contribution in [3.63, 3.8) is 0 Å². The number of hydrogen-bond acceptors (Lipinski definition) is 5. The first-order valence-electron chi connectivity index (χ1n) is 6.92. The Hall–Kier alpha value is -1.73. The van der Waals surface area contributed by atoms with E-state index >= 15 is 0 Å². The summed E-state index contributed by atoms with van der Waals surface area (Å²) < 4.78 is 14.6. The molecule has 22 heavy (non-hydrogen) atoms. The quantitative estimate of drug-likeness (QED) is 0.669. The molecule has 0 aliphatic carbocycles. The molecule has 2 heterocycles. The van der Waals surface area contributed by atoms with Crippen molar-refractivity contribution in [2.24, 2.45) is 5.92 Å². The highest BCUT2D eigenvalue weighted by Gasteiger charge is 2.46. The summed E-state index contributed by atoms with van der Waals surface area (Å²) >= 11 is 1.45. The number of thioether (sulfide) groups is 1. The van der Waals surface area contributed by atoms with Gasteiger partial charge in [0.25, 0.3) is 11.8 Å². The van der Waals surface area contributed by atoms with Gasteiger partial charge in [-0.25, -0.2) is 9.29 Å². The lowest BCUT2D eigenvalue weighted by Crippen LogP contribution is -2.49. The largest absolute Gasteiger partial charge is 0.387 e. The van der Waals surface area contributed by atoms with Crippen molar-refractivity contribution in [1.29, 1.82) is 0 Å². The third-order valence-corrected chi connectivity index (χ3v) is 5.06. The lowest BCUT2D eigenvalue weighted by molar-refractivity contribution is -0.128. The van der Waals surface area contributed by atoms with Crippen LogP contribution in [0.2, 0.25) is 0 Å². The number of nitrogens with zero attached hydrogens (tertiary/aromatic N) is 1. The number of carbonyl (C=O) groups excluding carboxylic acids is 3. The molecule has 7 heteroatoms. The summed E-state index contributed by atoms with van der Waals surface area (Å²) in [6, 6.07) is 6.05. The lowest BCUT2D eigenvalue weighted by Gasteiger charge is -2.30. The van der Waals surface area contributed by atoms with Gasteiger partial charge < -0.3 is 5.11 Å². The average molecular weight is 323 g/mol. The molecule has 1 aromatic rings. The normalized spacial score (nSPS) is 24.4. The van der Waals surface area contributed by atoms with Gasteiger partial charge in [-0.3, -0.25) is 14.4 Å². The molecule has 2 unspecified atom stereocenters. The van der Waals surface area contributed by atoms with E-state index in [9.17, 15) is 23.9 Å². The highest BCUT2D eigenvalue weighted by atomic mass is 32.2. The molecular weight excluding hydrogens is 309 g/mol. The van der Waals surface area contributed by atoms with Crippen LogP contribution in [0.3, 0.4) is 0 Å². The number of benzene rings is 1. The zero-order valence-electron chi connectivity index (χ0n) is 11.6. The van der Waals surface area contributed by atoms with Crippen LogP contribution in [0.5, 0.6) is 0 Å². The van der Waals surface area contributed by atoms with Crippen LogP contribution in [0, 0.1) is 5.92 Å². The van der Waals surface area contributed by atoms with Crippen LogP contribution >= 0.6 is 11.8 Å². The summed E-state index contributed by atoms with van der Waals surface area (Å²) in [6.07, 6.45) is -3.65. The van der Waals surface area contributed by atoms with E-state index in [4.69, 9.17) is 0 Å². The number of aliphatic hydroxyl groups excluding tert-OH is 1. The Morgan fingerprint density at radius 1 is 1.18 bits per heavy atom. The number of carbonyl (C=O) groups is 3. The molecule has 1 saturated heterocycles. The first-order chi connectivity index (χ1) is 10.5. The second-order valence-electron chi connectivity index (χ2n) is 5.29. The van der Waals surface area contributed by atoms with E-state index in [0.717, 1.165) is 0 Å². The summed E-state index contributed by atoms with van der Waals surface area (Å²) in [5.74, 6) is -1.73. The van der Waals surface area contributed by atoms with Gasteiger partial charge in [-0.05, 0) is 12.1 Å². The number of Topliss-reactive ketones (excluding diaryl/α,β-unsaturated/α-hetero) is 1. The van der Waals surface area contributed by atoms with E-state index in [2.05, 4.69) is 0 Å². The number of amides is 2. The topological polar surface area (TPSA) is 74.7 Å². The van der Waals surface area contributed by atoms with Crippen molar-refractivity contribution >= 4 is 29.4 Å². The summed E-state index contributed by atoms with van der Waals surface area (Å²) in [6.45, 7) is 0. The van der Waals surface area contributed by atoms with E-state index in [0.29, 0.717) is 16.4 Å². The zero-order valence-corrected chi connectivity index (χ0v) is 12.4. The third kappa shape index (κ3) is 2.34. The number of imide groups is 1. The minimum absolute atomic E-state index is 0.117. The summed E-state index contributed by atoms with van der Waals surface area (Å²) in [4.78, 5) is 36.6. The molecule has 0 spiro atoms. The molecule has 0 radical (unpaired) electrons. The fourth-order valence-corrected chi connectivity index (χ4v) is 3.88. The maximum absolute atomic E-state index is 14.6. The van der Waals surface area contributed by atoms with Crippen molar-refractivity contribution < 1.29 is 23.9 Å². The summed E-state index contributed by atoms with van der Waals surface area (Å²) in [5, 5.41) is 10.1. The molecule has 0 bridgehead atoms. The van der Waals surface area contributed by atoms with Crippen molar-refractivity contribution in [3.05, 3.63) is 35.4 Å². The molecule has 3 rings (SSSR count). The van der Waals surface area contributed by atoms with Crippen molar-refractivity contribution in [2.45, 2.75) is 18.8 Å². The smallest absolute Gasteiger partial charge is 0.264 e. The number of hydrogen-bond donors (Lipinski definition) is 1. The van der Waals surface area contributed by atoms with Gasteiger partial charge in [0.2, 0.25) is 6.30 Å². The molecular formula is C15H14FNO4S. The van der Waals surface area contributed by atoms with Crippen LogP contribution in [-0.2, 0) is 4.79 Å². The number of rotatable bonds is 3. The maximum atomic E-state index is 14.6. The number of alkyl halides is 1. The Morgan fingerprint density at radius 2 is 1.77 bits per heavy atom. The predicted octanol–water partition coefficient (Wildman–Crippen LogP) is 1.26. The van der Waals surface area contributed by atoms with E-state index in [1.54, 1.807) is 12.1 Å². The molecule has 2 amide bonds. The van der Waals surface area contributed by atoms with Crippen LogP contribution in [0.4, 0.5) is 4.39 Å². The number of fused-ring (bicyclic) bond motifs is 1.